The smallest absolute Gasteiger partial charge is 0.174 e. The second-order valence-corrected chi connectivity index (χ2v) is 6.10. The maximum absolute atomic E-state index is 4.36. The van der Waals surface area contributed by atoms with Crippen LogP contribution in [0.1, 0.15) is 24.0 Å². The van der Waals surface area contributed by atoms with Gasteiger partial charge in [-0.1, -0.05) is 30.0 Å². The summed E-state index contributed by atoms with van der Waals surface area (Å²) < 4.78 is 0.975. The highest BCUT2D eigenvalue weighted by molar-refractivity contribution is 8.00. The van der Waals surface area contributed by atoms with Crippen molar-refractivity contribution in [1.82, 2.24) is 20.2 Å². The highest BCUT2D eigenvalue weighted by Crippen LogP contribution is 2.24. The van der Waals surface area contributed by atoms with Crippen molar-refractivity contribution in [2.45, 2.75) is 30.4 Å². The maximum atomic E-state index is 4.36. The van der Waals surface area contributed by atoms with Crippen LogP contribution in [0.5, 0.6) is 0 Å². The van der Waals surface area contributed by atoms with Crippen LogP contribution in [0.3, 0.4) is 0 Å². The summed E-state index contributed by atoms with van der Waals surface area (Å²) in [4.78, 5) is 8.68. The molecule has 0 saturated heterocycles. The van der Waals surface area contributed by atoms with Gasteiger partial charge < -0.3 is 5.32 Å². The Balaban J connectivity index is 1.86. The van der Waals surface area contributed by atoms with Gasteiger partial charge in [0.2, 0.25) is 0 Å². The van der Waals surface area contributed by atoms with Crippen molar-refractivity contribution in [2.24, 2.45) is 0 Å². The van der Waals surface area contributed by atoms with Gasteiger partial charge >= 0.3 is 0 Å². The van der Waals surface area contributed by atoms with Gasteiger partial charge in [0.15, 0.2) is 4.34 Å². The Morgan fingerprint density at radius 2 is 2.17 bits per heavy atom. The minimum atomic E-state index is 0.774. The lowest BCUT2D eigenvalue weighted by Crippen LogP contribution is -2.02. The molecular formula is C11H15N5S2. The third-order valence-corrected chi connectivity index (χ3v) is 4.12. The van der Waals surface area contributed by atoms with E-state index in [1.165, 1.54) is 0 Å². The van der Waals surface area contributed by atoms with Crippen LogP contribution in [0, 0.1) is 6.92 Å². The highest BCUT2D eigenvalue weighted by Gasteiger charge is 2.03. The van der Waals surface area contributed by atoms with Crippen LogP contribution in [-0.4, -0.2) is 26.7 Å². The van der Waals surface area contributed by atoms with Gasteiger partial charge in [-0.3, -0.25) is 4.98 Å². The van der Waals surface area contributed by atoms with E-state index in [4.69, 9.17) is 0 Å². The summed E-state index contributed by atoms with van der Waals surface area (Å²) in [5, 5.41) is 12.2. The molecule has 0 aliphatic rings. The van der Waals surface area contributed by atoms with E-state index >= 15 is 0 Å². The SMILES string of the molecule is CCCNc1cnc(CSc2nnc(C)s2)cn1. The number of anilines is 1. The van der Waals surface area contributed by atoms with E-state index in [9.17, 15) is 0 Å². The lowest BCUT2D eigenvalue weighted by Gasteiger charge is -2.03. The van der Waals surface area contributed by atoms with E-state index < -0.39 is 0 Å². The lowest BCUT2D eigenvalue weighted by atomic mass is 10.4. The quantitative estimate of drug-likeness (QED) is 0.821. The molecule has 0 atom stereocenters. The zero-order valence-corrected chi connectivity index (χ0v) is 12.0. The molecule has 18 heavy (non-hydrogen) atoms. The second kappa shape index (κ2) is 6.65. The van der Waals surface area contributed by atoms with Crippen molar-refractivity contribution in [2.75, 3.05) is 11.9 Å². The first-order valence-electron chi connectivity index (χ1n) is 5.75. The topological polar surface area (TPSA) is 63.6 Å². The number of nitrogens with one attached hydrogen (secondary N) is 1. The summed E-state index contributed by atoms with van der Waals surface area (Å²) >= 11 is 3.24. The maximum Gasteiger partial charge on any atom is 0.174 e. The number of hydrogen-bond donors (Lipinski definition) is 1. The fourth-order valence-corrected chi connectivity index (χ4v) is 2.96. The highest BCUT2D eigenvalue weighted by atomic mass is 32.2. The van der Waals surface area contributed by atoms with Crippen molar-refractivity contribution in [3.05, 3.63) is 23.1 Å². The van der Waals surface area contributed by atoms with E-state index in [-0.39, 0.29) is 0 Å². The molecule has 0 aliphatic heterocycles. The molecule has 96 valence electrons. The van der Waals surface area contributed by atoms with Crippen molar-refractivity contribution in [1.29, 1.82) is 0 Å². The van der Waals surface area contributed by atoms with Gasteiger partial charge in [-0.25, -0.2) is 4.98 Å². The molecule has 0 spiro atoms. The summed E-state index contributed by atoms with van der Waals surface area (Å²) in [6.45, 7) is 5.00. The molecule has 0 bridgehead atoms. The Kier molecular flexibility index (Phi) is 4.89. The fourth-order valence-electron chi connectivity index (χ4n) is 1.25. The molecule has 0 saturated carbocycles. The first kappa shape index (κ1) is 13.2. The molecule has 7 heteroatoms. The predicted octanol–water partition coefficient (Wildman–Crippen LogP) is 2.75. The Morgan fingerprint density at radius 3 is 2.78 bits per heavy atom. The van der Waals surface area contributed by atoms with Crippen LogP contribution >= 0.6 is 23.1 Å². The van der Waals surface area contributed by atoms with Gasteiger partial charge in [-0.15, -0.1) is 10.2 Å². The molecule has 2 rings (SSSR count). The average molecular weight is 281 g/mol. The van der Waals surface area contributed by atoms with Crippen LogP contribution in [0.15, 0.2) is 16.7 Å². The number of nitrogens with zero attached hydrogens (tertiary/aromatic N) is 4. The molecule has 0 fully saturated rings. The van der Waals surface area contributed by atoms with Crippen LogP contribution in [0.2, 0.25) is 0 Å². The van der Waals surface area contributed by atoms with Crippen LogP contribution in [0.4, 0.5) is 5.82 Å². The molecule has 2 heterocycles. The summed E-state index contributed by atoms with van der Waals surface area (Å²) in [5.41, 5.74) is 0.954. The van der Waals surface area contributed by atoms with Gasteiger partial charge in [0.25, 0.3) is 0 Å². The molecule has 0 aromatic carbocycles. The average Bonchev–Trinajstić information content (AvgIpc) is 2.81. The summed E-state index contributed by atoms with van der Waals surface area (Å²) in [7, 11) is 0. The third kappa shape index (κ3) is 3.92. The van der Waals surface area contributed by atoms with Crippen LogP contribution < -0.4 is 5.32 Å². The molecule has 0 radical (unpaired) electrons. The van der Waals surface area contributed by atoms with E-state index in [0.717, 1.165) is 39.6 Å². The number of aromatic nitrogens is 4. The van der Waals surface area contributed by atoms with Crippen LogP contribution in [0.25, 0.3) is 0 Å². The molecular weight excluding hydrogens is 266 g/mol. The molecule has 2 aromatic rings. The van der Waals surface area contributed by atoms with Crippen molar-refractivity contribution < 1.29 is 0 Å². The first-order valence-corrected chi connectivity index (χ1v) is 7.56. The minimum Gasteiger partial charge on any atom is -0.369 e. The van der Waals surface area contributed by atoms with Crippen LogP contribution in [-0.2, 0) is 5.75 Å². The molecule has 5 nitrogen and oxygen atoms in total. The van der Waals surface area contributed by atoms with Gasteiger partial charge in [0.05, 0.1) is 18.1 Å². The van der Waals surface area contributed by atoms with Gasteiger partial charge in [0, 0.05) is 12.3 Å². The predicted molar refractivity (Wildman–Crippen MR) is 75.0 cm³/mol. The number of rotatable bonds is 6. The summed E-state index contributed by atoms with van der Waals surface area (Å²) in [6, 6.07) is 0. The lowest BCUT2D eigenvalue weighted by molar-refractivity contribution is 0.959. The number of aryl methyl sites for hydroxylation is 1. The Hall–Kier alpha value is -1.21. The zero-order valence-electron chi connectivity index (χ0n) is 10.4. The van der Waals surface area contributed by atoms with Gasteiger partial charge in [-0.05, 0) is 13.3 Å². The first-order chi connectivity index (χ1) is 8.78. The van der Waals surface area contributed by atoms with Crippen molar-refractivity contribution >= 4 is 28.9 Å². The van der Waals surface area contributed by atoms with Gasteiger partial charge in [0.1, 0.15) is 10.8 Å². The van der Waals surface area contributed by atoms with Gasteiger partial charge in [-0.2, -0.15) is 0 Å². The van der Waals surface area contributed by atoms with E-state index in [1.54, 1.807) is 35.5 Å². The Labute approximate surface area is 114 Å². The van der Waals surface area contributed by atoms with Crippen molar-refractivity contribution in [3.8, 4) is 0 Å². The van der Waals surface area contributed by atoms with E-state index in [1.807, 2.05) is 6.92 Å². The zero-order chi connectivity index (χ0) is 12.8. The molecule has 0 unspecified atom stereocenters. The largest absolute Gasteiger partial charge is 0.369 e. The minimum absolute atomic E-state index is 0.774. The van der Waals surface area contributed by atoms with E-state index in [0.29, 0.717) is 0 Å². The normalized spacial score (nSPS) is 10.6. The molecule has 2 aromatic heterocycles. The number of thioether (sulfide) groups is 1. The summed E-state index contributed by atoms with van der Waals surface area (Å²) in [5.74, 6) is 1.60. The Morgan fingerprint density at radius 1 is 1.28 bits per heavy atom. The third-order valence-electron chi connectivity index (χ3n) is 2.11. The fraction of sp³-hybridized carbons (Fsp3) is 0.455. The molecule has 0 amide bonds. The number of hydrogen-bond acceptors (Lipinski definition) is 7. The monoisotopic (exact) mass is 281 g/mol. The van der Waals surface area contributed by atoms with E-state index in [2.05, 4.69) is 32.4 Å². The Bertz CT molecular complexity index is 482. The standard InChI is InChI=1S/C11H15N5S2/c1-3-4-12-10-6-13-9(5-14-10)7-17-11-16-15-8(2)18-11/h5-6H,3-4,7H2,1-2H3,(H,12,14). The summed E-state index contributed by atoms with van der Waals surface area (Å²) in [6.07, 6.45) is 4.66. The molecule has 1 N–H and O–H groups in total. The second-order valence-electron chi connectivity index (χ2n) is 3.70. The molecule has 0 aliphatic carbocycles. The van der Waals surface area contributed by atoms with Crippen molar-refractivity contribution in [3.63, 3.8) is 0 Å².